The van der Waals surface area contributed by atoms with Gasteiger partial charge in [-0.2, -0.15) is 0 Å². The summed E-state index contributed by atoms with van der Waals surface area (Å²) in [6.07, 6.45) is 3.34. The maximum atomic E-state index is 14.4. The molecule has 29 heavy (non-hydrogen) atoms. The molecule has 0 aliphatic rings. The first kappa shape index (κ1) is 20.8. The van der Waals surface area contributed by atoms with E-state index in [2.05, 4.69) is 20.8 Å². The van der Waals surface area contributed by atoms with Crippen LogP contribution in [0.4, 0.5) is 21.8 Å². The van der Waals surface area contributed by atoms with Gasteiger partial charge in [-0.05, 0) is 24.5 Å². The van der Waals surface area contributed by atoms with Gasteiger partial charge in [-0.1, -0.05) is 5.10 Å². The largest absolute Gasteiger partial charge is 0.403 e. The van der Waals surface area contributed by atoms with E-state index in [1.165, 1.54) is 34.7 Å². The minimum atomic E-state index is -0.662. The van der Waals surface area contributed by atoms with Gasteiger partial charge in [-0.3, -0.25) is 4.79 Å². The standard InChI is InChI=1S/C18H20FN5O4S/c1-24-7-12(17-22-23-18(28-17)20-10(8-25)9-26)15(6-16(24)27)21-14-4-3-11(29-2)5-13(14)19/h3-7,10,21,25-26H,8-9H2,1-2H3,(H,20,23). The first-order valence-electron chi connectivity index (χ1n) is 8.58. The zero-order chi connectivity index (χ0) is 21.0. The van der Waals surface area contributed by atoms with Crippen LogP contribution in [0.15, 0.2) is 44.6 Å². The molecule has 0 bridgehead atoms. The fourth-order valence-electron chi connectivity index (χ4n) is 2.49. The predicted molar refractivity (Wildman–Crippen MR) is 108 cm³/mol. The molecule has 0 unspecified atom stereocenters. The van der Waals surface area contributed by atoms with Gasteiger partial charge in [0.1, 0.15) is 5.82 Å². The first-order valence-corrected chi connectivity index (χ1v) is 9.81. The second kappa shape index (κ2) is 9.07. The number of aryl methyl sites for hydroxylation is 1. The lowest BCUT2D eigenvalue weighted by molar-refractivity contribution is 0.202. The van der Waals surface area contributed by atoms with Gasteiger partial charge < -0.3 is 29.8 Å². The number of benzene rings is 1. The molecule has 0 aliphatic heterocycles. The molecule has 0 amide bonds. The third kappa shape index (κ3) is 4.75. The zero-order valence-corrected chi connectivity index (χ0v) is 16.5. The molecule has 0 spiro atoms. The maximum absolute atomic E-state index is 14.4. The third-order valence-corrected chi connectivity index (χ3v) is 4.82. The second-order valence-corrected chi connectivity index (χ2v) is 7.02. The summed E-state index contributed by atoms with van der Waals surface area (Å²) in [5.41, 5.74) is 0.553. The topological polar surface area (TPSA) is 125 Å². The number of aliphatic hydroxyl groups excluding tert-OH is 2. The highest BCUT2D eigenvalue weighted by molar-refractivity contribution is 7.98. The molecule has 2 aromatic heterocycles. The van der Waals surface area contributed by atoms with E-state index >= 15 is 0 Å². The summed E-state index contributed by atoms with van der Waals surface area (Å²) in [6, 6.07) is 5.37. The van der Waals surface area contributed by atoms with E-state index in [4.69, 9.17) is 14.6 Å². The van der Waals surface area contributed by atoms with Crippen LogP contribution < -0.4 is 16.2 Å². The van der Waals surface area contributed by atoms with E-state index < -0.39 is 11.9 Å². The minimum Gasteiger partial charge on any atom is -0.403 e. The molecule has 0 saturated heterocycles. The predicted octanol–water partition coefficient (Wildman–Crippen LogP) is 1.80. The van der Waals surface area contributed by atoms with E-state index in [-0.39, 0.29) is 36.4 Å². The number of anilines is 3. The minimum absolute atomic E-state index is 0.0107. The van der Waals surface area contributed by atoms with Crippen LogP contribution in [0.2, 0.25) is 0 Å². The molecule has 4 N–H and O–H groups in total. The summed E-state index contributed by atoms with van der Waals surface area (Å²) in [7, 11) is 1.56. The molecule has 0 aliphatic carbocycles. The normalized spacial score (nSPS) is 11.1. The molecule has 2 heterocycles. The number of thioether (sulfide) groups is 1. The number of nitrogens with zero attached hydrogens (tertiary/aromatic N) is 3. The fourth-order valence-corrected chi connectivity index (χ4v) is 2.91. The Balaban J connectivity index is 1.97. The molecular weight excluding hydrogens is 401 g/mol. The van der Waals surface area contributed by atoms with Gasteiger partial charge in [0, 0.05) is 24.2 Å². The van der Waals surface area contributed by atoms with Crippen LogP contribution >= 0.6 is 11.8 Å². The van der Waals surface area contributed by atoms with E-state index in [1.54, 1.807) is 19.2 Å². The fraction of sp³-hybridized carbons (Fsp3) is 0.278. The lowest BCUT2D eigenvalue weighted by Crippen LogP contribution is -2.27. The van der Waals surface area contributed by atoms with Crippen molar-refractivity contribution in [1.82, 2.24) is 14.8 Å². The van der Waals surface area contributed by atoms with Gasteiger partial charge in [0.25, 0.3) is 11.4 Å². The van der Waals surface area contributed by atoms with Crippen molar-refractivity contribution >= 4 is 29.2 Å². The number of rotatable bonds is 8. The van der Waals surface area contributed by atoms with E-state index in [0.29, 0.717) is 11.3 Å². The summed E-state index contributed by atoms with van der Waals surface area (Å²) in [5, 5.41) is 31.7. The molecule has 11 heteroatoms. The smallest absolute Gasteiger partial charge is 0.316 e. The highest BCUT2D eigenvalue weighted by atomic mass is 32.2. The van der Waals surface area contributed by atoms with Gasteiger partial charge in [0.05, 0.1) is 36.2 Å². The quantitative estimate of drug-likeness (QED) is 0.403. The Kier molecular flexibility index (Phi) is 6.52. The van der Waals surface area contributed by atoms with Gasteiger partial charge in [-0.15, -0.1) is 16.9 Å². The van der Waals surface area contributed by atoms with Crippen molar-refractivity contribution in [2.24, 2.45) is 7.05 Å². The Bertz CT molecular complexity index is 1050. The van der Waals surface area contributed by atoms with Crippen LogP contribution in [-0.2, 0) is 7.05 Å². The van der Waals surface area contributed by atoms with E-state index in [9.17, 15) is 9.18 Å². The Hall–Kier alpha value is -2.89. The van der Waals surface area contributed by atoms with Crippen LogP contribution in [-0.4, -0.2) is 50.5 Å². The molecule has 3 rings (SSSR count). The van der Waals surface area contributed by atoms with E-state index in [1.807, 2.05) is 6.26 Å². The number of aliphatic hydroxyl groups is 2. The summed E-state index contributed by atoms with van der Waals surface area (Å²) >= 11 is 1.42. The highest BCUT2D eigenvalue weighted by Gasteiger charge is 2.18. The molecule has 0 fully saturated rings. The lowest BCUT2D eigenvalue weighted by atomic mass is 10.2. The van der Waals surface area contributed by atoms with Crippen LogP contribution in [0.25, 0.3) is 11.5 Å². The van der Waals surface area contributed by atoms with Crippen LogP contribution in [0, 0.1) is 5.82 Å². The highest BCUT2D eigenvalue weighted by Crippen LogP contribution is 2.31. The van der Waals surface area contributed by atoms with Crippen molar-refractivity contribution in [3.8, 4) is 11.5 Å². The Morgan fingerprint density at radius 1 is 1.24 bits per heavy atom. The lowest BCUT2D eigenvalue weighted by Gasteiger charge is -2.12. The molecule has 1 aromatic carbocycles. The van der Waals surface area contributed by atoms with Crippen LogP contribution in [0.5, 0.6) is 0 Å². The average Bonchev–Trinajstić information content (AvgIpc) is 3.18. The second-order valence-electron chi connectivity index (χ2n) is 6.14. The molecule has 0 saturated carbocycles. The summed E-state index contributed by atoms with van der Waals surface area (Å²) < 4.78 is 21.3. The molecule has 0 radical (unpaired) electrons. The number of hydrogen-bond acceptors (Lipinski definition) is 9. The Morgan fingerprint density at radius 3 is 2.66 bits per heavy atom. The van der Waals surface area contributed by atoms with Crippen molar-refractivity contribution in [3.05, 3.63) is 46.6 Å². The number of halogens is 1. The third-order valence-electron chi connectivity index (χ3n) is 4.10. The van der Waals surface area contributed by atoms with Gasteiger partial charge in [0.2, 0.25) is 0 Å². The molecule has 0 atom stereocenters. The average molecular weight is 421 g/mol. The zero-order valence-electron chi connectivity index (χ0n) is 15.7. The van der Waals surface area contributed by atoms with Crippen LogP contribution in [0.1, 0.15) is 0 Å². The number of pyridine rings is 1. The summed E-state index contributed by atoms with van der Waals surface area (Å²) in [5.74, 6) is -0.397. The van der Waals surface area contributed by atoms with E-state index in [0.717, 1.165) is 4.90 Å². The van der Waals surface area contributed by atoms with Crippen LogP contribution in [0.3, 0.4) is 0 Å². The Labute approximate surface area is 169 Å². The first-order chi connectivity index (χ1) is 13.9. The molecule has 9 nitrogen and oxygen atoms in total. The van der Waals surface area contributed by atoms with Gasteiger partial charge in [0.15, 0.2) is 0 Å². The molecule has 3 aromatic rings. The van der Waals surface area contributed by atoms with Crippen molar-refractivity contribution in [2.45, 2.75) is 10.9 Å². The number of nitrogens with one attached hydrogen (secondary N) is 2. The van der Waals surface area contributed by atoms with Crippen molar-refractivity contribution in [1.29, 1.82) is 0 Å². The maximum Gasteiger partial charge on any atom is 0.316 e. The number of hydrogen-bond donors (Lipinski definition) is 4. The Morgan fingerprint density at radius 2 is 2.00 bits per heavy atom. The summed E-state index contributed by atoms with van der Waals surface area (Å²) in [4.78, 5) is 12.9. The van der Waals surface area contributed by atoms with Crippen molar-refractivity contribution in [2.75, 3.05) is 30.1 Å². The molecule has 154 valence electrons. The number of aromatic nitrogens is 3. The van der Waals surface area contributed by atoms with Gasteiger partial charge >= 0.3 is 6.01 Å². The summed E-state index contributed by atoms with van der Waals surface area (Å²) in [6.45, 7) is -0.654. The molecular formula is C18H20FN5O4S. The van der Waals surface area contributed by atoms with Gasteiger partial charge in [-0.25, -0.2) is 4.39 Å². The SMILES string of the molecule is CSc1ccc(Nc2cc(=O)n(C)cc2-c2nnc(NC(CO)CO)o2)c(F)c1. The monoisotopic (exact) mass is 421 g/mol. The van der Waals surface area contributed by atoms with Crippen molar-refractivity contribution < 1.29 is 19.0 Å². The van der Waals surface area contributed by atoms with Crippen molar-refractivity contribution in [3.63, 3.8) is 0 Å².